The summed E-state index contributed by atoms with van der Waals surface area (Å²) < 4.78 is 6.83. The summed E-state index contributed by atoms with van der Waals surface area (Å²) in [7, 11) is 3.45. The quantitative estimate of drug-likeness (QED) is 0.842. The first kappa shape index (κ1) is 10.4. The van der Waals surface area contributed by atoms with E-state index in [0.717, 1.165) is 17.1 Å². The second-order valence-corrected chi connectivity index (χ2v) is 3.38. The van der Waals surface area contributed by atoms with Crippen molar-refractivity contribution in [1.29, 1.82) is 0 Å². The average molecular weight is 219 g/mol. The second kappa shape index (κ2) is 4.18. The van der Waals surface area contributed by atoms with E-state index in [1.165, 1.54) is 6.33 Å². The normalized spacial score (nSPS) is 10.2. The maximum absolute atomic E-state index is 5.12. The Balaban J connectivity index is 2.28. The summed E-state index contributed by atoms with van der Waals surface area (Å²) in [6, 6.07) is 0. The summed E-state index contributed by atoms with van der Waals surface area (Å²) >= 11 is 0. The lowest BCUT2D eigenvalue weighted by atomic mass is 10.3. The van der Waals surface area contributed by atoms with Crippen LogP contribution in [0.25, 0.3) is 0 Å². The largest absolute Gasteiger partial charge is 0.481 e. The van der Waals surface area contributed by atoms with Crippen LogP contribution in [0.4, 0.5) is 11.5 Å². The molecule has 0 unspecified atom stereocenters. The molecule has 0 amide bonds. The second-order valence-electron chi connectivity index (χ2n) is 3.38. The van der Waals surface area contributed by atoms with Crippen LogP contribution < -0.4 is 10.1 Å². The minimum absolute atomic E-state index is 0.571. The maximum Gasteiger partial charge on any atom is 0.221 e. The molecule has 0 bridgehead atoms. The smallest absolute Gasteiger partial charge is 0.221 e. The van der Waals surface area contributed by atoms with E-state index in [1.807, 2.05) is 20.2 Å². The molecular weight excluding hydrogens is 206 g/mol. The molecule has 0 saturated heterocycles. The summed E-state index contributed by atoms with van der Waals surface area (Å²) in [5.74, 6) is 1.29. The molecule has 2 aromatic rings. The fraction of sp³-hybridized carbons (Fsp3) is 0.300. The average Bonchev–Trinajstić information content (AvgIpc) is 2.67. The summed E-state index contributed by atoms with van der Waals surface area (Å²) in [6.07, 6.45) is 5.06. The van der Waals surface area contributed by atoms with E-state index in [4.69, 9.17) is 4.74 Å². The van der Waals surface area contributed by atoms with Gasteiger partial charge in [0.15, 0.2) is 0 Å². The summed E-state index contributed by atoms with van der Waals surface area (Å²) in [5, 5.41) is 7.22. The van der Waals surface area contributed by atoms with Gasteiger partial charge in [0.2, 0.25) is 5.88 Å². The number of methoxy groups -OCH3 is 1. The fourth-order valence-electron chi connectivity index (χ4n) is 1.39. The van der Waals surface area contributed by atoms with Gasteiger partial charge in [0.1, 0.15) is 12.1 Å². The van der Waals surface area contributed by atoms with E-state index < -0.39 is 0 Å². The molecular formula is C10H13N5O. The number of aryl methyl sites for hydroxylation is 1. The standard InChI is InChI=1S/C10H13N5O/c1-7-9(11-6-12-10(7)16-3)14-8-4-13-15(2)5-8/h4-6H,1-3H3,(H,11,12,14). The molecule has 2 heterocycles. The zero-order valence-electron chi connectivity index (χ0n) is 9.43. The molecule has 0 atom stereocenters. The van der Waals surface area contributed by atoms with Gasteiger partial charge in [0.25, 0.3) is 0 Å². The van der Waals surface area contributed by atoms with Crippen molar-refractivity contribution < 1.29 is 4.74 Å². The molecule has 1 N–H and O–H groups in total. The van der Waals surface area contributed by atoms with Crippen LogP contribution >= 0.6 is 0 Å². The molecule has 0 fully saturated rings. The first-order valence-electron chi connectivity index (χ1n) is 4.82. The lowest BCUT2D eigenvalue weighted by Gasteiger charge is -2.08. The summed E-state index contributed by atoms with van der Waals surface area (Å²) in [6.45, 7) is 1.90. The molecule has 0 aliphatic carbocycles. The molecule has 0 aromatic carbocycles. The Morgan fingerprint density at radius 3 is 2.81 bits per heavy atom. The molecule has 0 aliphatic heterocycles. The number of hydrogen-bond acceptors (Lipinski definition) is 5. The Morgan fingerprint density at radius 2 is 2.19 bits per heavy atom. The Labute approximate surface area is 93.3 Å². The van der Waals surface area contributed by atoms with Gasteiger partial charge in [-0.15, -0.1) is 0 Å². The Hall–Kier alpha value is -2.11. The third-order valence-electron chi connectivity index (χ3n) is 2.20. The van der Waals surface area contributed by atoms with E-state index in [0.29, 0.717) is 5.88 Å². The van der Waals surface area contributed by atoms with Crippen molar-refractivity contribution in [2.75, 3.05) is 12.4 Å². The van der Waals surface area contributed by atoms with Gasteiger partial charge < -0.3 is 10.1 Å². The third kappa shape index (κ3) is 1.95. The molecule has 16 heavy (non-hydrogen) atoms. The Kier molecular flexibility index (Phi) is 2.72. The topological polar surface area (TPSA) is 64.9 Å². The van der Waals surface area contributed by atoms with Gasteiger partial charge in [-0.05, 0) is 6.92 Å². The lowest BCUT2D eigenvalue weighted by Crippen LogP contribution is -1.99. The molecule has 0 spiro atoms. The number of anilines is 2. The Morgan fingerprint density at radius 1 is 1.38 bits per heavy atom. The SMILES string of the molecule is COc1ncnc(Nc2cnn(C)c2)c1C. The van der Waals surface area contributed by atoms with E-state index in [2.05, 4.69) is 20.4 Å². The molecule has 6 nitrogen and oxygen atoms in total. The summed E-state index contributed by atoms with van der Waals surface area (Å²) in [5.41, 5.74) is 1.75. The monoisotopic (exact) mass is 219 g/mol. The lowest BCUT2D eigenvalue weighted by molar-refractivity contribution is 0.394. The molecule has 2 aromatic heterocycles. The summed E-state index contributed by atoms with van der Waals surface area (Å²) in [4.78, 5) is 8.16. The highest BCUT2D eigenvalue weighted by atomic mass is 16.5. The number of ether oxygens (including phenoxy) is 1. The number of nitrogens with zero attached hydrogens (tertiary/aromatic N) is 4. The van der Waals surface area contributed by atoms with Crippen molar-refractivity contribution in [2.45, 2.75) is 6.92 Å². The van der Waals surface area contributed by atoms with E-state index in [-0.39, 0.29) is 0 Å². The van der Waals surface area contributed by atoms with Gasteiger partial charge in [-0.25, -0.2) is 9.97 Å². The molecule has 0 radical (unpaired) electrons. The van der Waals surface area contributed by atoms with Crippen LogP contribution in [0, 0.1) is 6.92 Å². The van der Waals surface area contributed by atoms with Gasteiger partial charge in [0.05, 0.1) is 24.6 Å². The van der Waals surface area contributed by atoms with Crippen LogP contribution in [0.1, 0.15) is 5.56 Å². The highest BCUT2D eigenvalue weighted by molar-refractivity contribution is 5.59. The first-order chi connectivity index (χ1) is 7.70. The van der Waals surface area contributed by atoms with Crippen molar-refractivity contribution in [3.63, 3.8) is 0 Å². The molecule has 0 aliphatic rings. The van der Waals surface area contributed by atoms with Crippen molar-refractivity contribution in [1.82, 2.24) is 19.7 Å². The molecule has 84 valence electrons. The predicted octanol–water partition coefficient (Wildman–Crippen LogP) is 1.27. The zero-order valence-corrected chi connectivity index (χ0v) is 9.43. The van der Waals surface area contributed by atoms with Gasteiger partial charge in [-0.3, -0.25) is 4.68 Å². The van der Waals surface area contributed by atoms with Crippen molar-refractivity contribution in [3.05, 3.63) is 24.3 Å². The van der Waals surface area contributed by atoms with Crippen molar-refractivity contribution in [3.8, 4) is 5.88 Å². The first-order valence-corrected chi connectivity index (χ1v) is 4.82. The number of nitrogens with one attached hydrogen (secondary N) is 1. The van der Waals surface area contributed by atoms with Crippen LogP contribution in [0.3, 0.4) is 0 Å². The minimum Gasteiger partial charge on any atom is -0.481 e. The maximum atomic E-state index is 5.12. The number of rotatable bonds is 3. The fourth-order valence-corrected chi connectivity index (χ4v) is 1.39. The van der Waals surface area contributed by atoms with Crippen LogP contribution in [-0.4, -0.2) is 26.9 Å². The van der Waals surface area contributed by atoms with Gasteiger partial charge in [-0.1, -0.05) is 0 Å². The van der Waals surface area contributed by atoms with Crippen LogP contribution in [0.5, 0.6) is 5.88 Å². The van der Waals surface area contributed by atoms with Crippen LogP contribution in [0.15, 0.2) is 18.7 Å². The van der Waals surface area contributed by atoms with E-state index >= 15 is 0 Å². The van der Waals surface area contributed by atoms with Crippen molar-refractivity contribution in [2.24, 2.45) is 7.05 Å². The minimum atomic E-state index is 0.571. The molecule has 2 rings (SSSR count). The third-order valence-corrected chi connectivity index (χ3v) is 2.20. The molecule has 6 heteroatoms. The van der Waals surface area contributed by atoms with Crippen LogP contribution in [-0.2, 0) is 7.05 Å². The van der Waals surface area contributed by atoms with Crippen molar-refractivity contribution >= 4 is 11.5 Å². The highest BCUT2D eigenvalue weighted by Gasteiger charge is 2.07. The van der Waals surface area contributed by atoms with E-state index in [9.17, 15) is 0 Å². The zero-order chi connectivity index (χ0) is 11.5. The number of aromatic nitrogens is 4. The molecule has 0 saturated carbocycles. The van der Waals surface area contributed by atoms with Gasteiger partial charge in [0, 0.05) is 13.2 Å². The van der Waals surface area contributed by atoms with E-state index in [1.54, 1.807) is 18.0 Å². The number of hydrogen-bond donors (Lipinski definition) is 1. The van der Waals surface area contributed by atoms with Gasteiger partial charge >= 0.3 is 0 Å². The van der Waals surface area contributed by atoms with Gasteiger partial charge in [-0.2, -0.15) is 5.10 Å². The van der Waals surface area contributed by atoms with Crippen LogP contribution in [0.2, 0.25) is 0 Å². The predicted molar refractivity (Wildman–Crippen MR) is 59.8 cm³/mol. The highest BCUT2D eigenvalue weighted by Crippen LogP contribution is 2.22. The Bertz CT molecular complexity index is 494.